The molecule has 0 saturated carbocycles. The molecule has 0 atom stereocenters. The Morgan fingerprint density at radius 3 is 2.68 bits per heavy atom. The monoisotopic (exact) mass is 433 g/mol. The second kappa shape index (κ2) is 8.45. The van der Waals surface area contributed by atoms with Gasteiger partial charge in [-0.1, -0.05) is 24.2 Å². The van der Waals surface area contributed by atoms with E-state index in [2.05, 4.69) is 37.6 Å². The molecule has 0 radical (unpaired) electrons. The SMILES string of the molecule is C=CC(=O)Nc1cccc(Nc2nc(Nc3cn(C)nc3C)nc3ccc(Cl)cc23)c1. The zero-order valence-electron chi connectivity index (χ0n) is 17.0. The van der Waals surface area contributed by atoms with Gasteiger partial charge in [0.15, 0.2) is 0 Å². The summed E-state index contributed by atoms with van der Waals surface area (Å²) in [5.41, 5.74) is 3.75. The number of rotatable bonds is 6. The molecule has 0 bridgehead atoms. The molecule has 1 amide bonds. The van der Waals surface area contributed by atoms with E-state index >= 15 is 0 Å². The smallest absolute Gasteiger partial charge is 0.247 e. The Kier molecular flexibility index (Phi) is 5.55. The first-order chi connectivity index (χ1) is 14.9. The van der Waals surface area contributed by atoms with E-state index in [0.717, 1.165) is 28.0 Å². The predicted octanol–water partition coefficient (Wildman–Crippen LogP) is 4.94. The van der Waals surface area contributed by atoms with Crippen molar-refractivity contribution in [1.82, 2.24) is 19.7 Å². The van der Waals surface area contributed by atoms with Crippen molar-refractivity contribution in [2.75, 3.05) is 16.0 Å². The average molecular weight is 434 g/mol. The number of benzene rings is 2. The number of halogens is 1. The van der Waals surface area contributed by atoms with Crippen LogP contribution in [0, 0.1) is 6.92 Å². The lowest BCUT2D eigenvalue weighted by Crippen LogP contribution is -2.07. The van der Waals surface area contributed by atoms with Crippen LogP contribution in [-0.4, -0.2) is 25.7 Å². The number of carbonyl (C=O) groups is 1. The summed E-state index contributed by atoms with van der Waals surface area (Å²) in [6.45, 7) is 5.38. The van der Waals surface area contributed by atoms with Gasteiger partial charge in [-0.3, -0.25) is 9.48 Å². The number of fused-ring (bicyclic) bond motifs is 1. The standard InChI is InChI=1S/C22H20ClN7O/c1-4-20(31)24-15-6-5-7-16(11-15)25-21-17-10-14(23)8-9-18(17)26-22(28-21)27-19-12-30(3)29-13(19)2/h4-12H,1H2,2-3H3,(H,24,31)(H2,25,26,27,28). The highest BCUT2D eigenvalue weighted by atomic mass is 35.5. The fraction of sp³-hybridized carbons (Fsp3) is 0.0909. The van der Waals surface area contributed by atoms with Gasteiger partial charge in [0.2, 0.25) is 11.9 Å². The maximum absolute atomic E-state index is 11.6. The second-order valence-corrected chi connectivity index (χ2v) is 7.32. The summed E-state index contributed by atoms with van der Waals surface area (Å²) < 4.78 is 1.72. The molecule has 3 N–H and O–H groups in total. The lowest BCUT2D eigenvalue weighted by molar-refractivity contribution is -0.111. The third-order valence-corrected chi connectivity index (χ3v) is 4.73. The third kappa shape index (κ3) is 4.65. The number of aryl methyl sites for hydroxylation is 2. The highest BCUT2D eigenvalue weighted by Gasteiger charge is 2.12. The van der Waals surface area contributed by atoms with Crippen molar-refractivity contribution >= 4 is 57.2 Å². The third-order valence-electron chi connectivity index (χ3n) is 4.50. The lowest BCUT2D eigenvalue weighted by atomic mass is 10.2. The molecule has 0 aliphatic carbocycles. The Morgan fingerprint density at radius 1 is 1.13 bits per heavy atom. The number of carbonyl (C=O) groups excluding carboxylic acids is 1. The fourth-order valence-electron chi connectivity index (χ4n) is 3.10. The van der Waals surface area contributed by atoms with Gasteiger partial charge < -0.3 is 16.0 Å². The molecule has 2 heterocycles. The van der Waals surface area contributed by atoms with Crippen LogP contribution in [0.1, 0.15) is 5.69 Å². The van der Waals surface area contributed by atoms with Crippen LogP contribution in [0.4, 0.5) is 28.8 Å². The van der Waals surface area contributed by atoms with Crippen molar-refractivity contribution in [1.29, 1.82) is 0 Å². The molecular formula is C22H20ClN7O. The van der Waals surface area contributed by atoms with Gasteiger partial charge in [0.1, 0.15) is 5.82 Å². The minimum absolute atomic E-state index is 0.283. The van der Waals surface area contributed by atoms with Gasteiger partial charge in [0, 0.05) is 35.0 Å². The van der Waals surface area contributed by atoms with E-state index in [1.807, 2.05) is 44.4 Å². The zero-order valence-corrected chi connectivity index (χ0v) is 17.7. The van der Waals surface area contributed by atoms with E-state index in [-0.39, 0.29) is 5.91 Å². The Morgan fingerprint density at radius 2 is 1.94 bits per heavy atom. The van der Waals surface area contributed by atoms with Crippen LogP contribution >= 0.6 is 11.6 Å². The fourth-order valence-corrected chi connectivity index (χ4v) is 3.27. The van der Waals surface area contributed by atoms with Crippen molar-refractivity contribution in [2.24, 2.45) is 7.05 Å². The first kappa shape index (κ1) is 20.4. The Balaban J connectivity index is 1.72. The van der Waals surface area contributed by atoms with Gasteiger partial charge in [-0.15, -0.1) is 0 Å². The summed E-state index contributed by atoms with van der Waals surface area (Å²) in [6, 6.07) is 12.7. The first-order valence-electron chi connectivity index (χ1n) is 9.46. The molecule has 9 heteroatoms. The molecule has 156 valence electrons. The van der Waals surface area contributed by atoms with Crippen LogP contribution in [0.25, 0.3) is 10.9 Å². The van der Waals surface area contributed by atoms with E-state index in [4.69, 9.17) is 11.6 Å². The van der Waals surface area contributed by atoms with E-state index in [1.54, 1.807) is 22.9 Å². The Bertz CT molecular complexity index is 1300. The van der Waals surface area contributed by atoms with Gasteiger partial charge in [0.25, 0.3) is 0 Å². The van der Waals surface area contributed by atoms with Crippen molar-refractivity contribution < 1.29 is 4.79 Å². The van der Waals surface area contributed by atoms with Crippen molar-refractivity contribution in [3.63, 3.8) is 0 Å². The van der Waals surface area contributed by atoms with Crippen LogP contribution < -0.4 is 16.0 Å². The summed E-state index contributed by atoms with van der Waals surface area (Å²) in [6.07, 6.45) is 3.09. The maximum Gasteiger partial charge on any atom is 0.247 e. The largest absolute Gasteiger partial charge is 0.339 e. The summed E-state index contributed by atoms with van der Waals surface area (Å²) in [5.74, 6) is 0.711. The van der Waals surface area contributed by atoms with E-state index < -0.39 is 0 Å². The number of nitrogens with zero attached hydrogens (tertiary/aromatic N) is 4. The molecule has 0 aliphatic rings. The highest BCUT2D eigenvalue weighted by Crippen LogP contribution is 2.29. The molecule has 0 spiro atoms. The minimum Gasteiger partial charge on any atom is -0.339 e. The lowest BCUT2D eigenvalue weighted by Gasteiger charge is -2.13. The normalized spacial score (nSPS) is 10.7. The molecule has 0 saturated heterocycles. The van der Waals surface area contributed by atoms with Crippen molar-refractivity contribution in [2.45, 2.75) is 6.92 Å². The van der Waals surface area contributed by atoms with E-state index in [1.165, 1.54) is 6.08 Å². The van der Waals surface area contributed by atoms with Crippen LogP contribution in [0.5, 0.6) is 0 Å². The van der Waals surface area contributed by atoms with E-state index in [0.29, 0.717) is 22.5 Å². The maximum atomic E-state index is 11.6. The Hall–Kier alpha value is -3.91. The summed E-state index contributed by atoms with van der Waals surface area (Å²) in [5, 5.41) is 15.0. The molecule has 2 aromatic heterocycles. The molecule has 8 nitrogen and oxygen atoms in total. The molecule has 4 rings (SSSR count). The molecule has 2 aromatic carbocycles. The second-order valence-electron chi connectivity index (χ2n) is 6.88. The van der Waals surface area contributed by atoms with Crippen LogP contribution in [-0.2, 0) is 11.8 Å². The number of anilines is 5. The van der Waals surface area contributed by atoms with Gasteiger partial charge in [-0.2, -0.15) is 10.1 Å². The molecule has 4 aromatic rings. The number of hydrogen-bond donors (Lipinski definition) is 3. The van der Waals surface area contributed by atoms with Crippen molar-refractivity contribution in [3.05, 3.63) is 72.0 Å². The topological polar surface area (TPSA) is 96.8 Å². The molecule has 0 aliphatic heterocycles. The number of amides is 1. The van der Waals surface area contributed by atoms with Gasteiger partial charge in [0.05, 0.1) is 16.9 Å². The van der Waals surface area contributed by atoms with E-state index in [9.17, 15) is 4.79 Å². The molecule has 31 heavy (non-hydrogen) atoms. The summed E-state index contributed by atoms with van der Waals surface area (Å²) in [4.78, 5) is 20.9. The average Bonchev–Trinajstić information content (AvgIpc) is 3.05. The summed E-state index contributed by atoms with van der Waals surface area (Å²) >= 11 is 6.22. The van der Waals surface area contributed by atoms with Gasteiger partial charge >= 0.3 is 0 Å². The quantitative estimate of drug-likeness (QED) is 0.373. The van der Waals surface area contributed by atoms with Crippen LogP contribution in [0.3, 0.4) is 0 Å². The minimum atomic E-state index is -0.283. The zero-order chi connectivity index (χ0) is 22.0. The number of aromatic nitrogens is 4. The van der Waals surface area contributed by atoms with Crippen LogP contribution in [0.15, 0.2) is 61.3 Å². The van der Waals surface area contributed by atoms with Crippen molar-refractivity contribution in [3.8, 4) is 0 Å². The van der Waals surface area contributed by atoms with Gasteiger partial charge in [-0.05, 0) is 49.4 Å². The predicted molar refractivity (Wildman–Crippen MR) is 124 cm³/mol. The highest BCUT2D eigenvalue weighted by molar-refractivity contribution is 6.31. The van der Waals surface area contributed by atoms with Crippen LogP contribution in [0.2, 0.25) is 5.02 Å². The molecule has 0 unspecified atom stereocenters. The van der Waals surface area contributed by atoms with Gasteiger partial charge in [-0.25, -0.2) is 4.98 Å². The molecule has 0 fully saturated rings. The molecular weight excluding hydrogens is 414 g/mol. The number of hydrogen-bond acceptors (Lipinski definition) is 6. The Labute approximate surface area is 184 Å². The summed E-state index contributed by atoms with van der Waals surface area (Å²) in [7, 11) is 1.85. The first-order valence-corrected chi connectivity index (χ1v) is 9.84. The number of nitrogens with one attached hydrogen (secondary N) is 3.